The molecule has 0 aliphatic rings. The lowest BCUT2D eigenvalue weighted by Crippen LogP contribution is -2.35. The molecule has 0 unspecified atom stereocenters. The van der Waals surface area contributed by atoms with E-state index in [1.165, 1.54) is 18.2 Å². The molecule has 0 saturated heterocycles. The number of rotatable bonds is 6. The molecule has 1 N–H and O–H groups in total. The highest BCUT2D eigenvalue weighted by atomic mass is 35.5. The quantitative estimate of drug-likeness (QED) is 0.638. The fourth-order valence-corrected chi connectivity index (χ4v) is 2.33. The molecule has 6 nitrogen and oxygen atoms in total. The number of nitrogens with one attached hydrogen (secondary N) is 1. The van der Waals surface area contributed by atoms with Crippen molar-refractivity contribution in [3.05, 3.63) is 68.7 Å². The molecular formula is C17H17ClN2O4. The lowest BCUT2D eigenvalue weighted by Gasteiger charge is -2.15. The van der Waals surface area contributed by atoms with Crippen molar-refractivity contribution in [2.45, 2.75) is 26.5 Å². The summed E-state index contributed by atoms with van der Waals surface area (Å²) in [5, 5.41) is 14.1. The molecule has 24 heavy (non-hydrogen) atoms. The summed E-state index contributed by atoms with van der Waals surface area (Å²) < 4.78 is 5.54. The van der Waals surface area contributed by atoms with Gasteiger partial charge >= 0.3 is 0 Å². The Bertz CT molecular complexity index is 764. The number of amides is 1. The number of nitro groups is 1. The van der Waals surface area contributed by atoms with Gasteiger partial charge in [0.2, 0.25) is 0 Å². The smallest absolute Gasteiger partial charge is 0.272 e. The maximum atomic E-state index is 12.1. The van der Waals surface area contributed by atoms with E-state index in [9.17, 15) is 14.9 Å². The minimum atomic E-state index is -0.742. The standard InChI is InChI=1S/C17H17ClN2O4/c1-11-9-14(7-8-16(11)20(22)23)24-12(2)17(21)19-10-13-5-3-4-6-15(13)18/h3-9,12H,10H2,1-2H3,(H,19,21)/t12-/m1/s1. The molecule has 0 aromatic heterocycles. The number of halogens is 1. The highest BCUT2D eigenvalue weighted by molar-refractivity contribution is 6.31. The van der Waals surface area contributed by atoms with E-state index in [2.05, 4.69) is 5.32 Å². The lowest BCUT2D eigenvalue weighted by molar-refractivity contribution is -0.385. The molecule has 0 bridgehead atoms. The molecule has 1 amide bonds. The van der Waals surface area contributed by atoms with E-state index in [-0.39, 0.29) is 11.6 Å². The van der Waals surface area contributed by atoms with Gasteiger partial charge in [0.15, 0.2) is 6.10 Å². The van der Waals surface area contributed by atoms with E-state index in [4.69, 9.17) is 16.3 Å². The first kappa shape index (κ1) is 17.7. The van der Waals surface area contributed by atoms with Crippen molar-refractivity contribution in [3.63, 3.8) is 0 Å². The molecule has 7 heteroatoms. The van der Waals surface area contributed by atoms with Crippen LogP contribution in [0.2, 0.25) is 5.02 Å². The Morgan fingerprint density at radius 1 is 1.33 bits per heavy atom. The van der Waals surface area contributed by atoms with E-state index < -0.39 is 11.0 Å². The third-order valence-corrected chi connectivity index (χ3v) is 3.83. The van der Waals surface area contributed by atoms with Crippen molar-refractivity contribution >= 4 is 23.2 Å². The van der Waals surface area contributed by atoms with Gasteiger partial charge in [-0.1, -0.05) is 29.8 Å². The molecule has 0 aliphatic carbocycles. The van der Waals surface area contributed by atoms with Gasteiger partial charge in [-0.3, -0.25) is 14.9 Å². The largest absolute Gasteiger partial charge is 0.481 e. The van der Waals surface area contributed by atoms with Crippen LogP contribution in [-0.2, 0) is 11.3 Å². The maximum Gasteiger partial charge on any atom is 0.272 e. The normalized spacial score (nSPS) is 11.6. The highest BCUT2D eigenvalue weighted by Crippen LogP contribution is 2.23. The van der Waals surface area contributed by atoms with Gasteiger partial charge in [-0.25, -0.2) is 0 Å². The highest BCUT2D eigenvalue weighted by Gasteiger charge is 2.17. The number of aryl methyl sites for hydroxylation is 1. The van der Waals surface area contributed by atoms with Crippen LogP contribution in [0.3, 0.4) is 0 Å². The molecule has 126 valence electrons. The predicted octanol–water partition coefficient (Wildman–Crippen LogP) is 3.64. The predicted molar refractivity (Wildman–Crippen MR) is 91.2 cm³/mol. The van der Waals surface area contributed by atoms with E-state index in [0.717, 1.165) is 5.56 Å². The Morgan fingerprint density at radius 2 is 2.04 bits per heavy atom. The summed E-state index contributed by atoms with van der Waals surface area (Å²) >= 11 is 6.04. The Morgan fingerprint density at radius 3 is 2.67 bits per heavy atom. The van der Waals surface area contributed by atoms with Crippen LogP contribution in [0.25, 0.3) is 0 Å². The van der Waals surface area contributed by atoms with Crippen molar-refractivity contribution in [1.82, 2.24) is 5.32 Å². The number of nitro benzene ring substituents is 1. The fraction of sp³-hybridized carbons (Fsp3) is 0.235. The molecule has 0 fully saturated rings. The monoisotopic (exact) mass is 348 g/mol. The zero-order valence-electron chi connectivity index (χ0n) is 13.3. The van der Waals surface area contributed by atoms with E-state index in [0.29, 0.717) is 22.9 Å². The summed E-state index contributed by atoms with van der Waals surface area (Å²) in [4.78, 5) is 22.4. The van der Waals surface area contributed by atoms with Gasteiger partial charge in [0.1, 0.15) is 5.75 Å². The van der Waals surface area contributed by atoms with Crippen molar-refractivity contribution in [3.8, 4) is 5.75 Å². The second kappa shape index (κ2) is 7.79. The average molecular weight is 349 g/mol. The van der Waals surface area contributed by atoms with Crippen LogP contribution in [0.5, 0.6) is 5.75 Å². The summed E-state index contributed by atoms with van der Waals surface area (Å²) in [5.74, 6) is 0.101. The van der Waals surface area contributed by atoms with E-state index in [1.54, 1.807) is 19.9 Å². The number of carbonyl (C=O) groups is 1. The van der Waals surface area contributed by atoms with Gasteiger partial charge in [0, 0.05) is 23.2 Å². The Labute approximate surface area is 144 Å². The maximum absolute atomic E-state index is 12.1. The topological polar surface area (TPSA) is 81.5 Å². The first-order chi connectivity index (χ1) is 11.4. The number of nitrogens with zero attached hydrogens (tertiary/aromatic N) is 1. The molecule has 0 radical (unpaired) electrons. The van der Waals surface area contributed by atoms with Gasteiger partial charge < -0.3 is 10.1 Å². The first-order valence-electron chi connectivity index (χ1n) is 7.31. The second-order valence-electron chi connectivity index (χ2n) is 5.27. The Hall–Kier alpha value is -2.60. The van der Waals surface area contributed by atoms with Crippen molar-refractivity contribution in [1.29, 1.82) is 0 Å². The van der Waals surface area contributed by atoms with Crippen LogP contribution in [0.1, 0.15) is 18.1 Å². The molecule has 0 heterocycles. The first-order valence-corrected chi connectivity index (χ1v) is 7.69. The van der Waals surface area contributed by atoms with Gasteiger partial charge in [0.05, 0.1) is 4.92 Å². The van der Waals surface area contributed by atoms with Crippen molar-refractivity contribution in [2.75, 3.05) is 0 Å². The van der Waals surface area contributed by atoms with Crippen LogP contribution >= 0.6 is 11.6 Å². The molecule has 2 rings (SSSR count). The molecule has 0 aliphatic heterocycles. The van der Waals surface area contributed by atoms with E-state index >= 15 is 0 Å². The minimum absolute atomic E-state index is 0.0122. The molecule has 2 aromatic rings. The zero-order valence-corrected chi connectivity index (χ0v) is 14.0. The summed E-state index contributed by atoms with van der Waals surface area (Å²) in [6, 6.07) is 11.6. The van der Waals surface area contributed by atoms with Crippen LogP contribution < -0.4 is 10.1 Å². The number of hydrogen-bond acceptors (Lipinski definition) is 4. The Kier molecular flexibility index (Phi) is 5.76. The molecular weight excluding hydrogens is 332 g/mol. The van der Waals surface area contributed by atoms with E-state index in [1.807, 2.05) is 18.2 Å². The Balaban J connectivity index is 1.95. The molecule has 0 spiro atoms. The number of carbonyl (C=O) groups excluding carboxylic acids is 1. The van der Waals surface area contributed by atoms with Crippen LogP contribution in [0.4, 0.5) is 5.69 Å². The average Bonchev–Trinajstić information content (AvgIpc) is 2.53. The molecule has 0 saturated carbocycles. The second-order valence-corrected chi connectivity index (χ2v) is 5.68. The van der Waals surface area contributed by atoms with Gasteiger partial charge in [-0.2, -0.15) is 0 Å². The molecule has 2 aromatic carbocycles. The SMILES string of the molecule is Cc1cc(O[C@H](C)C(=O)NCc2ccccc2Cl)ccc1[N+](=O)[O-]. The number of hydrogen-bond donors (Lipinski definition) is 1. The number of ether oxygens (including phenoxy) is 1. The summed E-state index contributed by atoms with van der Waals surface area (Å²) in [6.45, 7) is 3.53. The summed E-state index contributed by atoms with van der Waals surface area (Å²) in [5.41, 5.74) is 1.30. The van der Waals surface area contributed by atoms with Gasteiger partial charge in [-0.05, 0) is 37.6 Å². The zero-order chi connectivity index (χ0) is 17.7. The van der Waals surface area contributed by atoms with Gasteiger partial charge in [-0.15, -0.1) is 0 Å². The summed E-state index contributed by atoms with van der Waals surface area (Å²) in [6.07, 6.45) is -0.742. The van der Waals surface area contributed by atoms with Crippen LogP contribution in [-0.4, -0.2) is 16.9 Å². The number of benzene rings is 2. The minimum Gasteiger partial charge on any atom is -0.481 e. The van der Waals surface area contributed by atoms with Crippen molar-refractivity contribution < 1.29 is 14.5 Å². The third-order valence-electron chi connectivity index (χ3n) is 3.46. The fourth-order valence-electron chi connectivity index (χ4n) is 2.13. The van der Waals surface area contributed by atoms with Crippen molar-refractivity contribution in [2.24, 2.45) is 0 Å². The third kappa shape index (κ3) is 4.45. The van der Waals surface area contributed by atoms with Crippen LogP contribution in [0, 0.1) is 17.0 Å². The van der Waals surface area contributed by atoms with Crippen LogP contribution in [0.15, 0.2) is 42.5 Å². The molecule has 1 atom stereocenters. The lowest BCUT2D eigenvalue weighted by atomic mass is 10.2. The summed E-state index contributed by atoms with van der Waals surface area (Å²) in [7, 11) is 0. The van der Waals surface area contributed by atoms with Gasteiger partial charge in [0.25, 0.3) is 11.6 Å².